The van der Waals surface area contributed by atoms with Gasteiger partial charge in [0, 0.05) is 32.2 Å². The molecule has 0 saturated carbocycles. The summed E-state index contributed by atoms with van der Waals surface area (Å²) in [5.74, 6) is 1.40. The predicted octanol–water partition coefficient (Wildman–Crippen LogP) is 1.94. The average molecular weight is 298 g/mol. The van der Waals surface area contributed by atoms with Crippen LogP contribution in [0.25, 0.3) is 0 Å². The average Bonchev–Trinajstić information content (AvgIpc) is 2.52. The highest BCUT2D eigenvalue weighted by molar-refractivity contribution is 5.93. The van der Waals surface area contributed by atoms with Crippen molar-refractivity contribution in [3.8, 4) is 0 Å². The van der Waals surface area contributed by atoms with Crippen LogP contribution in [0, 0.1) is 11.8 Å². The Kier molecular flexibility index (Phi) is 6.45. The van der Waals surface area contributed by atoms with Gasteiger partial charge in [-0.05, 0) is 18.8 Å². The fourth-order valence-electron chi connectivity index (χ4n) is 2.59. The first-order chi connectivity index (χ1) is 10.2. The number of rotatable bonds is 3. The molecule has 2 rings (SSSR count). The number of hydrogen-bond acceptors (Lipinski definition) is 4. The summed E-state index contributed by atoms with van der Waals surface area (Å²) in [4.78, 5) is 18.2. The van der Waals surface area contributed by atoms with Crippen LogP contribution in [0.4, 0.5) is 4.79 Å². The van der Waals surface area contributed by atoms with E-state index < -0.39 is 6.09 Å². The lowest BCUT2D eigenvalue weighted by Gasteiger charge is -2.31. The van der Waals surface area contributed by atoms with Crippen molar-refractivity contribution in [1.29, 1.82) is 0 Å². The zero-order valence-corrected chi connectivity index (χ0v) is 13.0. The molecule has 0 radical (unpaired) electrons. The zero-order chi connectivity index (χ0) is 15.1. The summed E-state index contributed by atoms with van der Waals surface area (Å²) in [6.07, 6.45) is 1.44. The second-order valence-corrected chi connectivity index (χ2v) is 5.86. The van der Waals surface area contributed by atoms with Crippen LogP contribution in [0.15, 0.2) is 4.99 Å². The van der Waals surface area contributed by atoms with Crippen molar-refractivity contribution >= 4 is 11.9 Å². The maximum atomic E-state index is 11.9. The van der Waals surface area contributed by atoms with Gasteiger partial charge in [-0.2, -0.15) is 4.99 Å². The summed E-state index contributed by atoms with van der Waals surface area (Å²) in [6.45, 7) is 8.98. The van der Waals surface area contributed by atoms with Crippen LogP contribution in [0.1, 0.15) is 26.7 Å². The molecule has 0 N–H and O–H groups in total. The number of carbonyl (C=O) groups excluding carboxylic acids is 1. The van der Waals surface area contributed by atoms with Gasteiger partial charge in [0.2, 0.25) is 0 Å². The molecule has 120 valence electrons. The quantitative estimate of drug-likeness (QED) is 0.588. The van der Waals surface area contributed by atoms with Crippen molar-refractivity contribution in [2.75, 3.05) is 46.1 Å². The van der Waals surface area contributed by atoms with Crippen molar-refractivity contribution in [2.24, 2.45) is 16.8 Å². The molecule has 0 aliphatic carbocycles. The highest BCUT2D eigenvalue weighted by Crippen LogP contribution is 2.15. The van der Waals surface area contributed by atoms with Crippen LogP contribution in [0.2, 0.25) is 0 Å². The Morgan fingerprint density at radius 1 is 1.19 bits per heavy atom. The van der Waals surface area contributed by atoms with Crippen molar-refractivity contribution in [3.05, 3.63) is 0 Å². The van der Waals surface area contributed by atoms with Crippen molar-refractivity contribution in [3.63, 3.8) is 0 Å². The minimum atomic E-state index is -0.475. The number of amidine groups is 1. The van der Waals surface area contributed by atoms with Gasteiger partial charge >= 0.3 is 6.09 Å². The van der Waals surface area contributed by atoms with Crippen molar-refractivity contribution < 1.29 is 19.0 Å². The van der Waals surface area contributed by atoms with Gasteiger partial charge in [-0.25, -0.2) is 4.79 Å². The van der Waals surface area contributed by atoms with Crippen LogP contribution in [-0.2, 0) is 14.2 Å². The van der Waals surface area contributed by atoms with Gasteiger partial charge in [0.15, 0.2) is 0 Å². The van der Waals surface area contributed by atoms with Gasteiger partial charge in [0.05, 0.1) is 19.8 Å². The topological polar surface area (TPSA) is 60.4 Å². The van der Waals surface area contributed by atoms with E-state index in [4.69, 9.17) is 14.2 Å². The molecule has 2 aliphatic heterocycles. The van der Waals surface area contributed by atoms with Gasteiger partial charge in [-0.3, -0.25) is 0 Å². The molecule has 1 amide bonds. The fourth-order valence-corrected chi connectivity index (χ4v) is 2.59. The van der Waals surface area contributed by atoms with E-state index in [0.717, 1.165) is 45.0 Å². The van der Waals surface area contributed by atoms with Crippen molar-refractivity contribution in [1.82, 2.24) is 4.90 Å². The SMILES string of the molecule is CC(C)C(=NC(=O)OCC1CCOCC1)N1CCOCC1. The number of carbonyl (C=O) groups is 1. The van der Waals surface area contributed by atoms with E-state index in [1.54, 1.807) is 0 Å². The summed E-state index contributed by atoms with van der Waals surface area (Å²) in [6, 6.07) is 0. The third kappa shape index (κ3) is 5.28. The molecule has 0 aromatic heterocycles. The molecule has 2 aliphatic rings. The summed E-state index contributed by atoms with van der Waals surface area (Å²) in [5.41, 5.74) is 0. The third-order valence-corrected chi connectivity index (χ3v) is 3.84. The maximum absolute atomic E-state index is 11.9. The second-order valence-electron chi connectivity index (χ2n) is 5.86. The Bertz CT molecular complexity index is 359. The molecule has 0 spiro atoms. The maximum Gasteiger partial charge on any atom is 0.435 e. The first-order valence-electron chi connectivity index (χ1n) is 7.82. The summed E-state index contributed by atoms with van der Waals surface area (Å²) < 4.78 is 15.9. The third-order valence-electron chi connectivity index (χ3n) is 3.84. The smallest absolute Gasteiger partial charge is 0.435 e. The fraction of sp³-hybridized carbons (Fsp3) is 0.867. The van der Waals surface area contributed by atoms with E-state index in [1.807, 2.05) is 13.8 Å². The molecule has 0 unspecified atom stereocenters. The molecule has 0 atom stereocenters. The molecule has 6 nitrogen and oxygen atoms in total. The Morgan fingerprint density at radius 2 is 1.81 bits per heavy atom. The standard InChI is InChI=1S/C15H26N2O4/c1-12(2)14(17-5-9-20-10-6-17)16-15(18)21-11-13-3-7-19-8-4-13/h12-13H,3-11H2,1-2H3. The predicted molar refractivity (Wildman–Crippen MR) is 79.6 cm³/mol. The normalized spacial score (nSPS) is 21.7. The molecule has 2 heterocycles. The zero-order valence-electron chi connectivity index (χ0n) is 13.0. The van der Waals surface area contributed by atoms with E-state index in [0.29, 0.717) is 25.7 Å². The second kappa shape index (κ2) is 8.34. The van der Waals surface area contributed by atoms with Crippen molar-refractivity contribution in [2.45, 2.75) is 26.7 Å². The van der Waals surface area contributed by atoms with Gasteiger partial charge in [-0.15, -0.1) is 0 Å². The van der Waals surface area contributed by atoms with Gasteiger partial charge in [-0.1, -0.05) is 13.8 Å². The lowest BCUT2D eigenvalue weighted by molar-refractivity contribution is 0.0395. The molecule has 0 aromatic carbocycles. The van der Waals surface area contributed by atoms with E-state index >= 15 is 0 Å². The molecule has 0 bridgehead atoms. The monoisotopic (exact) mass is 298 g/mol. The Morgan fingerprint density at radius 3 is 2.43 bits per heavy atom. The van der Waals surface area contributed by atoms with Gasteiger partial charge < -0.3 is 19.1 Å². The summed E-state index contributed by atoms with van der Waals surface area (Å²) in [5, 5.41) is 0. The number of amides is 1. The first-order valence-corrected chi connectivity index (χ1v) is 7.82. The molecule has 21 heavy (non-hydrogen) atoms. The van der Waals surface area contributed by atoms with Crippen LogP contribution >= 0.6 is 0 Å². The molecule has 2 fully saturated rings. The number of nitrogens with zero attached hydrogens (tertiary/aromatic N) is 2. The molecule has 6 heteroatoms. The summed E-state index contributed by atoms with van der Waals surface area (Å²) >= 11 is 0. The van der Waals surface area contributed by atoms with Crippen LogP contribution in [-0.4, -0.2) is 63.0 Å². The molecule has 0 aromatic rings. The highest BCUT2D eigenvalue weighted by atomic mass is 16.5. The Hall–Kier alpha value is -1.14. The van der Waals surface area contributed by atoms with Gasteiger partial charge in [0.1, 0.15) is 5.84 Å². The first kappa shape index (κ1) is 16.2. The van der Waals surface area contributed by atoms with E-state index in [2.05, 4.69) is 9.89 Å². The molecule has 2 saturated heterocycles. The number of hydrogen-bond donors (Lipinski definition) is 0. The Balaban J connectivity index is 1.85. The molecular formula is C15H26N2O4. The minimum Gasteiger partial charge on any atom is -0.448 e. The van der Waals surface area contributed by atoms with E-state index in [1.165, 1.54) is 0 Å². The summed E-state index contributed by atoms with van der Waals surface area (Å²) in [7, 11) is 0. The largest absolute Gasteiger partial charge is 0.448 e. The lowest BCUT2D eigenvalue weighted by Crippen LogP contribution is -2.43. The number of aliphatic imine (C=N–C) groups is 1. The van der Waals surface area contributed by atoms with E-state index in [-0.39, 0.29) is 5.92 Å². The van der Waals surface area contributed by atoms with Gasteiger partial charge in [0.25, 0.3) is 0 Å². The lowest BCUT2D eigenvalue weighted by atomic mass is 10.0. The minimum absolute atomic E-state index is 0.193. The highest BCUT2D eigenvalue weighted by Gasteiger charge is 2.20. The van der Waals surface area contributed by atoms with Crippen LogP contribution in [0.5, 0.6) is 0 Å². The number of ether oxygens (including phenoxy) is 3. The number of morpholine rings is 1. The molecular weight excluding hydrogens is 272 g/mol. The van der Waals surface area contributed by atoms with Crippen LogP contribution < -0.4 is 0 Å². The van der Waals surface area contributed by atoms with Crippen LogP contribution in [0.3, 0.4) is 0 Å². The van der Waals surface area contributed by atoms with E-state index in [9.17, 15) is 4.79 Å². The Labute approximate surface area is 126 Å².